The lowest BCUT2D eigenvalue weighted by Gasteiger charge is -2.38. The fourth-order valence-corrected chi connectivity index (χ4v) is 4.59. The van der Waals surface area contributed by atoms with E-state index >= 15 is 0 Å². The Balaban J connectivity index is 1.70. The maximum absolute atomic E-state index is 13.6. The summed E-state index contributed by atoms with van der Waals surface area (Å²) in [6.07, 6.45) is 3.22. The summed E-state index contributed by atoms with van der Waals surface area (Å²) in [6.45, 7) is 0.0709. The minimum absolute atomic E-state index is 0.0380. The smallest absolute Gasteiger partial charge is 0.282 e. The third kappa shape index (κ3) is 5.69. The number of aromatic nitrogens is 2. The van der Waals surface area contributed by atoms with Crippen LogP contribution in [0, 0.1) is 12.7 Å². The third-order valence-corrected chi connectivity index (χ3v) is 6.84. The normalized spacial score (nSPS) is 14.4. The molecule has 4 rings (SSSR count). The lowest BCUT2D eigenvalue weighted by Crippen LogP contribution is -2.58. The summed E-state index contributed by atoms with van der Waals surface area (Å²) in [7, 11) is -2.50. The number of halogens is 3. The standard InChI is InChI=1S/C24H23F3N6O4S/c1-13-6-20(30-10-16(13)25)32-21-8-18(15(9-29-21)22(34)28-2)31-17-5-4-14(7-19(17)38(3,36)37)23(35)33-11-24(26,27)12-33/h4-10H,11-12H2,1-3H3,(H,28,34)(H2,29,30,31,32). The fraction of sp³-hybridized carbons (Fsp3) is 0.250. The quantitative estimate of drug-likeness (QED) is 0.410. The minimum Gasteiger partial charge on any atom is -0.355 e. The molecule has 200 valence electrons. The van der Waals surface area contributed by atoms with Gasteiger partial charge in [0.2, 0.25) is 0 Å². The highest BCUT2D eigenvalue weighted by molar-refractivity contribution is 7.90. The van der Waals surface area contributed by atoms with E-state index in [2.05, 4.69) is 25.9 Å². The van der Waals surface area contributed by atoms with Crippen LogP contribution < -0.4 is 16.0 Å². The first-order valence-corrected chi connectivity index (χ1v) is 13.1. The van der Waals surface area contributed by atoms with Gasteiger partial charge in [0, 0.05) is 31.1 Å². The van der Waals surface area contributed by atoms with Crippen LogP contribution in [0.3, 0.4) is 0 Å². The second-order valence-electron chi connectivity index (χ2n) is 8.76. The van der Waals surface area contributed by atoms with Gasteiger partial charge < -0.3 is 20.9 Å². The van der Waals surface area contributed by atoms with Gasteiger partial charge in [0.05, 0.1) is 41.1 Å². The molecule has 0 spiro atoms. The van der Waals surface area contributed by atoms with Crippen LogP contribution in [0.2, 0.25) is 0 Å². The van der Waals surface area contributed by atoms with Crippen LogP contribution >= 0.6 is 0 Å². The van der Waals surface area contributed by atoms with Gasteiger partial charge in [0.15, 0.2) is 9.84 Å². The number of hydrogen-bond acceptors (Lipinski definition) is 8. The third-order valence-electron chi connectivity index (χ3n) is 5.71. The number of likely N-dealkylation sites (tertiary alicyclic amines) is 1. The van der Waals surface area contributed by atoms with Gasteiger partial charge in [0.1, 0.15) is 17.5 Å². The highest BCUT2D eigenvalue weighted by Gasteiger charge is 2.46. The van der Waals surface area contributed by atoms with Crippen LogP contribution in [0.25, 0.3) is 0 Å². The summed E-state index contributed by atoms with van der Waals surface area (Å²) in [5.41, 5.74) is 0.539. The second-order valence-corrected chi connectivity index (χ2v) is 10.7. The molecule has 0 bridgehead atoms. The number of alkyl halides is 2. The van der Waals surface area contributed by atoms with Crippen molar-refractivity contribution in [3.05, 3.63) is 65.2 Å². The summed E-state index contributed by atoms with van der Waals surface area (Å²) >= 11 is 0. The van der Waals surface area contributed by atoms with Crippen molar-refractivity contribution in [3.8, 4) is 0 Å². The maximum atomic E-state index is 13.6. The van der Waals surface area contributed by atoms with E-state index in [1.807, 2.05) is 0 Å². The van der Waals surface area contributed by atoms with Crippen molar-refractivity contribution in [1.82, 2.24) is 20.2 Å². The Bertz CT molecular complexity index is 1540. The molecule has 38 heavy (non-hydrogen) atoms. The zero-order valence-electron chi connectivity index (χ0n) is 20.5. The Kier molecular flexibility index (Phi) is 7.02. The van der Waals surface area contributed by atoms with Crippen LogP contribution in [0.1, 0.15) is 26.3 Å². The average molecular weight is 549 g/mol. The van der Waals surface area contributed by atoms with Crippen molar-refractivity contribution in [2.45, 2.75) is 17.7 Å². The van der Waals surface area contributed by atoms with E-state index in [0.717, 1.165) is 23.4 Å². The molecule has 0 atom stereocenters. The predicted octanol–water partition coefficient (Wildman–Crippen LogP) is 3.27. The van der Waals surface area contributed by atoms with E-state index in [9.17, 15) is 31.2 Å². The minimum atomic E-state index is -3.91. The van der Waals surface area contributed by atoms with Gasteiger partial charge in [-0.05, 0) is 36.8 Å². The molecule has 1 saturated heterocycles. The number of pyridine rings is 2. The van der Waals surface area contributed by atoms with Crippen molar-refractivity contribution in [3.63, 3.8) is 0 Å². The van der Waals surface area contributed by atoms with Crippen molar-refractivity contribution >= 4 is 44.7 Å². The summed E-state index contributed by atoms with van der Waals surface area (Å²) in [4.78, 5) is 33.8. The predicted molar refractivity (Wildman–Crippen MR) is 134 cm³/mol. The number of anilines is 4. The molecule has 0 radical (unpaired) electrons. The number of sulfone groups is 1. The van der Waals surface area contributed by atoms with E-state index in [4.69, 9.17) is 0 Å². The highest BCUT2D eigenvalue weighted by Crippen LogP contribution is 2.32. The number of rotatable bonds is 7. The Morgan fingerprint density at radius 1 is 1.00 bits per heavy atom. The molecule has 1 aromatic carbocycles. The number of carbonyl (C=O) groups excluding carboxylic acids is 2. The summed E-state index contributed by atoms with van der Waals surface area (Å²) < 4.78 is 65.2. The van der Waals surface area contributed by atoms with Gasteiger partial charge in [-0.15, -0.1) is 0 Å². The van der Waals surface area contributed by atoms with Crippen molar-refractivity contribution in [1.29, 1.82) is 0 Å². The molecular weight excluding hydrogens is 525 g/mol. The number of nitrogens with one attached hydrogen (secondary N) is 3. The SMILES string of the molecule is CNC(=O)c1cnc(Nc2cc(C)c(F)cn2)cc1Nc1ccc(C(=O)N2CC(F)(F)C2)cc1S(C)(=O)=O. The number of benzene rings is 1. The molecular formula is C24H23F3N6O4S. The van der Waals surface area contributed by atoms with Crippen LogP contribution in [0.5, 0.6) is 0 Å². The van der Waals surface area contributed by atoms with Gasteiger partial charge in [-0.2, -0.15) is 0 Å². The zero-order valence-corrected chi connectivity index (χ0v) is 21.3. The first-order chi connectivity index (χ1) is 17.8. The van der Waals surface area contributed by atoms with Crippen molar-refractivity contribution in [2.75, 3.05) is 37.0 Å². The van der Waals surface area contributed by atoms with E-state index in [1.54, 1.807) is 6.92 Å². The monoisotopic (exact) mass is 548 g/mol. The number of carbonyl (C=O) groups is 2. The fourth-order valence-electron chi connectivity index (χ4n) is 3.73. The molecule has 3 N–H and O–H groups in total. The number of aryl methyl sites for hydroxylation is 1. The van der Waals surface area contributed by atoms with E-state index in [0.29, 0.717) is 5.56 Å². The highest BCUT2D eigenvalue weighted by atomic mass is 32.2. The molecule has 0 saturated carbocycles. The number of nitrogens with zero attached hydrogens (tertiary/aromatic N) is 3. The lowest BCUT2D eigenvalue weighted by molar-refractivity contribution is -0.113. The molecule has 14 heteroatoms. The molecule has 3 heterocycles. The zero-order chi connectivity index (χ0) is 27.8. The first kappa shape index (κ1) is 26.9. The summed E-state index contributed by atoms with van der Waals surface area (Å²) in [5.74, 6) is -4.21. The van der Waals surface area contributed by atoms with Gasteiger partial charge >= 0.3 is 0 Å². The summed E-state index contributed by atoms with van der Waals surface area (Å²) in [5, 5.41) is 8.26. The van der Waals surface area contributed by atoms with Crippen LogP contribution in [-0.2, 0) is 9.84 Å². The molecule has 1 aliphatic rings. The Morgan fingerprint density at radius 2 is 1.66 bits per heavy atom. The molecule has 1 fully saturated rings. The van der Waals surface area contributed by atoms with Crippen LogP contribution in [-0.4, -0.2) is 67.4 Å². The maximum Gasteiger partial charge on any atom is 0.282 e. The molecule has 0 aliphatic carbocycles. The Hall–Kier alpha value is -4.20. The number of amides is 2. The second kappa shape index (κ2) is 9.93. The molecule has 10 nitrogen and oxygen atoms in total. The molecule has 2 aromatic heterocycles. The van der Waals surface area contributed by atoms with E-state index in [1.165, 1.54) is 37.5 Å². The molecule has 1 aliphatic heterocycles. The first-order valence-electron chi connectivity index (χ1n) is 11.2. The molecule has 0 unspecified atom stereocenters. The molecule has 3 aromatic rings. The Morgan fingerprint density at radius 3 is 2.26 bits per heavy atom. The summed E-state index contributed by atoms with van der Waals surface area (Å²) in [6, 6.07) is 6.61. The van der Waals surface area contributed by atoms with E-state index in [-0.39, 0.29) is 39.0 Å². The van der Waals surface area contributed by atoms with Crippen molar-refractivity contribution < 1.29 is 31.2 Å². The molecule has 2 amide bonds. The number of hydrogen-bond donors (Lipinski definition) is 3. The van der Waals surface area contributed by atoms with Gasteiger partial charge in [0.25, 0.3) is 17.7 Å². The van der Waals surface area contributed by atoms with Crippen LogP contribution in [0.4, 0.5) is 36.2 Å². The largest absolute Gasteiger partial charge is 0.355 e. The average Bonchev–Trinajstić information content (AvgIpc) is 2.83. The Labute approximate surface area is 216 Å². The van der Waals surface area contributed by atoms with Gasteiger partial charge in [-0.1, -0.05) is 0 Å². The van der Waals surface area contributed by atoms with E-state index < -0.39 is 46.5 Å². The van der Waals surface area contributed by atoms with Crippen molar-refractivity contribution in [2.24, 2.45) is 0 Å². The lowest BCUT2D eigenvalue weighted by atomic mass is 10.1. The van der Waals surface area contributed by atoms with Crippen LogP contribution in [0.15, 0.2) is 47.6 Å². The van der Waals surface area contributed by atoms with Gasteiger partial charge in [-0.25, -0.2) is 31.6 Å². The topological polar surface area (TPSA) is 133 Å². The van der Waals surface area contributed by atoms with Gasteiger partial charge in [-0.3, -0.25) is 9.59 Å².